The van der Waals surface area contributed by atoms with Gasteiger partial charge in [-0.3, -0.25) is 9.78 Å². The number of rotatable bonds is 9. The van der Waals surface area contributed by atoms with Crippen molar-refractivity contribution in [2.24, 2.45) is 11.8 Å². The second kappa shape index (κ2) is 17.3. The van der Waals surface area contributed by atoms with E-state index in [9.17, 15) is 9.90 Å². The Hall–Kier alpha value is -3.07. The summed E-state index contributed by atoms with van der Waals surface area (Å²) in [5.74, 6) is 0.547. The number of pyridine rings is 1. The number of aliphatic hydroxyl groups is 1. The molecule has 0 unspecified atom stereocenters. The quantitative estimate of drug-likeness (QED) is 0.103. The van der Waals surface area contributed by atoms with Gasteiger partial charge in [0.2, 0.25) is 0 Å². The molecule has 0 saturated heterocycles. The number of benzene rings is 3. The number of carbonyl (C=O) groups excluding carboxylic acids is 1. The third-order valence-corrected chi connectivity index (χ3v) is 13.4. The van der Waals surface area contributed by atoms with Crippen LogP contribution in [0, 0.1) is 17.9 Å². The fourth-order valence-corrected chi connectivity index (χ4v) is 10.1. The molecule has 0 amide bonds. The second-order valence-electron chi connectivity index (χ2n) is 20.6. The summed E-state index contributed by atoms with van der Waals surface area (Å²) in [7, 11) is 0. The number of hydrogen-bond donors (Lipinski definition) is 1. The van der Waals surface area contributed by atoms with Crippen molar-refractivity contribution in [3.05, 3.63) is 100 Å². The number of carbonyl (C=O) groups is 1. The van der Waals surface area contributed by atoms with Crippen molar-refractivity contribution < 1.29 is 30.0 Å². The zero-order valence-corrected chi connectivity index (χ0v) is 40.4. The summed E-state index contributed by atoms with van der Waals surface area (Å²) in [6.45, 7) is 34.7. The zero-order valence-electron chi connectivity index (χ0n) is 38.0. The molecule has 1 radical (unpaired) electrons. The molecule has 3 nitrogen and oxygen atoms in total. The van der Waals surface area contributed by atoms with E-state index >= 15 is 0 Å². The molecular formula is C53H72IrNO2-. The van der Waals surface area contributed by atoms with Crippen molar-refractivity contribution in [2.75, 3.05) is 0 Å². The van der Waals surface area contributed by atoms with Crippen LogP contribution in [0.4, 0.5) is 0 Å². The minimum Gasteiger partial charge on any atom is -0.512 e. The van der Waals surface area contributed by atoms with Crippen molar-refractivity contribution in [1.29, 1.82) is 0 Å². The van der Waals surface area contributed by atoms with Gasteiger partial charge in [-0.05, 0) is 111 Å². The molecule has 57 heavy (non-hydrogen) atoms. The Morgan fingerprint density at radius 1 is 0.772 bits per heavy atom. The van der Waals surface area contributed by atoms with E-state index in [1.807, 2.05) is 33.9 Å². The van der Waals surface area contributed by atoms with Crippen LogP contribution in [0.1, 0.15) is 177 Å². The molecule has 0 saturated carbocycles. The third kappa shape index (κ3) is 9.39. The van der Waals surface area contributed by atoms with Gasteiger partial charge in [-0.2, -0.15) is 0 Å². The molecule has 1 heterocycles. The number of ketones is 1. The summed E-state index contributed by atoms with van der Waals surface area (Å²) in [4.78, 5) is 16.7. The first-order valence-corrected chi connectivity index (χ1v) is 21.6. The molecule has 6 rings (SSSR count). The van der Waals surface area contributed by atoms with Crippen LogP contribution in [-0.2, 0) is 52.0 Å². The first kappa shape index (κ1) is 46.6. The Kier molecular flexibility index (Phi) is 14.1. The van der Waals surface area contributed by atoms with E-state index in [-0.39, 0.29) is 70.6 Å². The first-order chi connectivity index (χ1) is 26.0. The molecule has 2 aliphatic carbocycles. The summed E-state index contributed by atoms with van der Waals surface area (Å²) in [6, 6.07) is 22.0. The number of fused-ring (bicyclic) bond motifs is 3. The Bertz CT molecular complexity index is 2100. The van der Waals surface area contributed by atoms with Crippen molar-refractivity contribution in [1.82, 2.24) is 4.98 Å². The van der Waals surface area contributed by atoms with Crippen LogP contribution in [0.5, 0.6) is 0 Å². The van der Waals surface area contributed by atoms with Crippen molar-refractivity contribution >= 4 is 16.6 Å². The molecule has 3 aromatic carbocycles. The van der Waals surface area contributed by atoms with Crippen LogP contribution in [0.2, 0.25) is 0 Å². The topological polar surface area (TPSA) is 50.2 Å². The van der Waals surface area contributed by atoms with Gasteiger partial charge in [0.25, 0.3) is 0 Å². The minimum absolute atomic E-state index is 0. The van der Waals surface area contributed by atoms with E-state index < -0.39 is 0 Å². The Balaban J connectivity index is 0.000000385. The predicted molar refractivity (Wildman–Crippen MR) is 240 cm³/mol. The van der Waals surface area contributed by atoms with Gasteiger partial charge in [0.05, 0.1) is 5.76 Å². The van der Waals surface area contributed by atoms with Crippen molar-refractivity contribution in [3.8, 4) is 22.4 Å². The standard InChI is InChI=1S/C40H48N.C13H24O2.Ir/c1-36(2,3)29-21-27(20-25-14-12-13-15-28(25)29)32-22-26(16-19-41-32)33-34-30(37(4,5)17-18-38(34,6)7)23-31-35(33)40(10,11)24-39(31,8)9;1-5-10(6-2)12(14)9-13(15)11(7-3)8-4;/h12-16,19,21-23H,17-18,24H2,1-11H3;9-11,14H,5-8H2,1-4H3;/q-1;;/b;12-9-;. The molecule has 0 bridgehead atoms. The van der Waals surface area contributed by atoms with E-state index in [4.69, 9.17) is 4.98 Å². The van der Waals surface area contributed by atoms with Crippen LogP contribution in [0.3, 0.4) is 0 Å². The largest absolute Gasteiger partial charge is 0.512 e. The molecule has 2 aliphatic rings. The molecular weight excluding hydrogens is 875 g/mol. The number of allylic oxidation sites excluding steroid dienone is 2. The maximum Gasteiger partial charge on any atom is 0.162 e. The third-order valence-electron chi connectivity index (χ3n) is 13.4. The minimum atomic E-state index is 0. The molecule has 1 aromatic heterocycles. The zero-order chi connectivity index (χ0) is 41.6. The maximum absolute atomic E-state index is 11.7. The van der Waals surface area contributed by atoms with Gasteiger partial charge in [0, 0.05) is 49.9 Å². The van der Waals surface area contributed by atoms with Crippen molar-refractivity contribution in [2.45, 2.75) is 176 Å². The number of hydrogen-bond acceptors (Lipinski definition) is 3. The summed E-state index contributed by atoms with van der Waals surface area (Å²) >= 11 is 0. The van der Waals surface area contributed by atoms with Crippen molar-refractivity contribution in [3.63, 3.8) is 0 Å². The Morgan fingerprint density at radius 2 is 1.33 bits per heavy atom. The normalized spacial score (nSPS) is 17.7. The molecule has 4 heteroatoms. The molecule has 0 atom stereocenters. The van der Waals surface area contributed by atoms with E-state index in [1.165, 1.54) is 41.0 Å². The van der Waals surface area contributed by atoms with Gasteiger partial charge in [-0.25, -0.2) is 0 Å². The van der Waals surface area contributed by atoms with E-state index in [0.717, 1.165) is 48.7 Å². The van der Waals surface area contributed by atoms with Gasteiger partial charge < -0.3 is 5.11 Å². The van der Waals surface area contributed by atoms with E-state index in [1.54, 1.807) is 22.3 Å². The second-order valence-corrected chi connectivity index (χ2v) is 20.6. The average molecular weight is 947 g/mol. The summed E-state index contributed by atoms with van der Waals surface area (Å²) in [5.41, 5.74) is 13.0. The van der Waals surface area contributed by atoms with Gasteiger partial charge in [0.1, 0.15) is 0 Å². The molecule has 311 valence electrons. The number of aliphatic hydroxyl groups excluding tert-OH is 1. The van der Waals surface area contributed by atoms with Gasteiger partial charge >= 0.3 is 0 Å². The monoisotopic (exact) mass is 948 g/mol. The molecule has 0 fully saturated rings. The average Bonchev–Trinajstić information content (AvgIpc) is 3.32. The van der Waals surface area contributed by atoms with E-state index in [0.29, 0.717) is 0 Å². The predicted octanol–water partition coefficient (Wildman–Crippen LogP) is 14.8. The number of aromatic nitrogens is 1. The molecule has 0 aliphatic heterocycles. The van der Waals surface area contributed by atoms with Crippen LogP contribution >= 0.6 is 0 Å². The maximum atomic E-state index is 11.7. The van der Waals surface area contributed by atoms with Crippen LogP contribution in [0.15, 0.2) is 66.6 Å². The fourth-order valence-electron chi connectivity index (χ4n) is 10.1. The van der Waals surface area contributed by atoms with Crippen LogP contribution in [0.25, 0.3) is 33.2 Å². The molecule has 1 N–H and O–H groups in total. The SMILES string of the molecule is CC(C)(C)c1cc(-c2cc(-c3c4c(cc5c3C(C)(C)CC5(C)C)C(C)(C)CCC4(C)C)ccn2)[c-]c2ccccc12.CCC(CC)C(=O)/C=C(\O)C(CC)CC.[Ir]. The van der Waals surface area contributed by atoms with Gasteiger partial charge in [-0.1, -0.05) is 145 Å². The fraction of sp³-hybridized carbons (Fsp3) is 0.547. The van der Waals surface area contributed by atoms with Crippen LogP contribution < -0.4 is 0 Å². The molecule has 4 aromatic rings. The summed E-state index contributed by atoms with van der Waals surface area (Å²) < 4.78 is 0. The smallest absolute Gasteiger partial charge is 0.162 e. The Morgan fingerprint density at radius 3 is 1.93 bits per heavy atom. The first-order valence-electron chi connectivity index (χ1n) is 21.6. The van der Waals surface area contributed by atoms with E-state index in [2.05, 4.69) is 131 Å². The summed E-state index contributed by atoms with van der Waals surface area (Å²) in [6.07, 6.45) is 10.5. The van der Waals surface area contributed by atoms with Gasteiger partial charge in [-0.15, -0.1) is 29.1 Å². The van der Waals surface area contributed by atoms with Crippen LogP contribution in [-0.4, -0.2) is 15.9 Å². The Labute approximate surface area is 360 Å². The van der Waals surface area contributed by atoms with Gasteiger partial charge in [0.15, 0.2) is 5.78 Å². The number of nitrogens with zero attached hydrogens (tertiary/aromatic N) is 1. The summed E-state index contributed by atoms with van der Waals surface area (Å²) in [5, 5.41) is 12.2. The molecule has 0 spiro atoms.